The molecule has 0 aromatic carbocycles. The van der Waals surface area contributed by atoms with Crippen LogP contribution in [-0.4, -0.2) is 68.1 Å². The normalized spacial score (nSPS) is 18.5. The molecule has 1 unspecified atom stereocenters. The number of nitrogens with zero attached hydrogens (tertiary/aromatic N) is 2. The van der Waals surface area contributed by atoms with Gasteiger partial charge in [0.05, 0.1) is 19.6 Å². The van der Waals surface area contributed by atoms with Gasteiger partial charge in [0.2, 0.25) is 5.91 Å². The van der Waals surface area contributed by atoms with Crippen LogP contribution in [-0.2, 0) is 14.3 Å². The molecule has 1 heterocycles. The van der Waals surface area contributed by atoms with E-state index in [0.717, 1.165) is 0 Å². The minimum atomic E-state index is -0.234. The van der Waals surface area contributed by atoms with Gasteiger partial charge in [-0.1, -0.05) is 13.8 Å². The predicted molar refractivity (Wildman–Crippen MR) is 72.4 cm³/mol. The lowest BCUT2D eigenvalue weighted by Gasteiger charge is -2.36. The molecule has 0 saturated carbocycles. The Morgan fingerprint density at radius 1 is 1.21 bits per heavy atom. The molecule has 1 saturated heterocycles. The third kappa shape index (κ3) is 4.47. The maximum atomic E-state index is 12.3. The third-order valence-electron chi connectivity index (χ3n) is 3.64. The van der Waals surface area contributed by atoms with Crippen molar-refractivity contribution in [1.82, 2.24) is 9.80 Å². The van der Waals surface area contributed by atoms with Gasteiger partial charge in [0.25, 0.3) is 0 Å². The first kappa shape index (κ1) is 15.9. The zero-order valence-corrected chi connectivity index (χ0v) is 12.1. The van der Waals surface area contributed by atoms with Crippen LogP contribution in [0.1, 0.15) is 13.8 Å². The Kier molecular flexibility index (Phi) is 6.24. The summed E-state index contributed by atoms with van der Waals surface area (Å²) in [5, 5.41) is 0. The molecule has 19 heavy (non-hydrogen) atoms. The van der Waals surface area contributed by atoms with Crippen LogP contribution >= 0.6 is 0 Å². The van der Waals surface area contributed by atoms with Crippen LogP contribution in [0.3, 0.4) is 0 Å². The third-order valence-corrected chi connectivity index (χ3v) is 3.64. The van der Waals surface area contributed by atoms with Crippen LogP contribution in [0.25, 0.3) is 0 Å². The zero-order valence-electron chi connectivity index (χ0n) is 12.1. The largest absolute Gasteiger partial charge is 0.468 e. The van der Waals surface area contributed by atoms with Crippen LogP contribution in [0.5, 0.6) is 0 Å². The van der Waals surface area contributed by atoms with Gasteiger partial charge in [-0.2, -0.15) is 0 Å². The van der Waals surface area contributed by atoms with Crippen LogP contribution in [0.15, 0.2) is 0 Å². The number of esters is 1. The smallest absolute Gasteiger partial charge is 0.319 e. The van der Waals surface area contributed by atoms with E-state index in [4.69, 9.17) is 5.73 Å². The molecule has 6 nitrogen and oxygen atoms in total. The maximum absolute atomic E-state index is 12.3. The van der Waals surface area contributed by atoms with Gasteiger partial charge >= 0.3 is 5.97 Å². The monoisotopic (exact) mass is 271 g/mol. The predicted octanol–water partition coefficient (Wildman–Crippen LogP) is -0.465. The molecule has 1 rings (SSSR count). The maximum Gasteiger partial charge on any atom is 0.319 e. The van der Waals surface area contributed by atoms with Crippen LogP contribution < -0.4 is 5.73 Å². The lowest BCUT2D eigenvalue weighted by Crippen LogP contribution is -2.52. The van der Waals surface area contributed by atoms with Crippen LogP contribution in [0.4, 0.5) is 0 Å². The first-order valence-corrected chi connectivity index (χ1v) is 6.77. The summed E-state index contributed by atoms with van der Waals surface area (Å²) in [6, 6.07) is 0. The topological polar surface area (TPSA) is 75.9 Å². The summed E-state index contributed by atoms with van der Waals surface area (Å²) >= 11 is 0. The van der Waals surface area contributed by atoms with E-state index < -0.39 is 0 Å². The second kappa shape index (κ2) is 7.45. The first-order valence-electron chi connectivity index (χ1n) is 6.77. The van der Waals surface area contributed by atoms with Crippen molar-refractivity contribution in [3.8, 4) is 0 Å². The summed E-state index contributed by atoms with van der Waals surface area (Å²) in [6.45, 7) is 7.43. The quantitative estimate of drug-likeness (QED) is 0.684. The highest BCUT2D eigenvalue weighted by Crippen LogP contribution is 2.14. The Balaban J connectivity index is 2.45. The molecule has 6 heteroatoms. The second-order valence-corrected chi connectivity index (χ2v) is 5.26. The number of carbonyl (C=O) groups excluding carboxylic acids is 2. The van der Waals surface area contributed by atoms with Gasteiger partial charge in [0, 0.05) is 32.7 Å². The second-order valence-electron chi connectivity index (χ2n) is 5.26. The average Bonchev–Trinajstić information content (AvgIpc) is 2.39. The molecule has 0 spiro atoms. The Bertz CT molecular complexity index is 312. The molecule has 110 valence electrons. The van der Waals surface area contributed by atoms with Crippen molar-refractivity contribution in [2.75, 3.05) is 46.4 Å². The van der Waals surface area contributed by atoms with Gasteiger partial charge in [-0.15, -0.1) is 0 Å². The number of piperazine rings is 1. The summed E-state index contributed by atoms with van der Waals surface area (Å²) in [5.41, 5.74) is 5.67. The number of methoxy groups -OCH3 is 1. The standard InChI is InChI=1S/C13H25N3O3/c1-10(2)11(8-14)13(18)16-6-4-15(5-7-16)9-12(17)19-3/h10-11H,4-9,14H2,1-3H3. The summed E-state index contributed by atoms with van der Waals surface area (Å²) in [4.78, 5) is 27.3. The Morgan fingerprint density at radius 3 is 2.21 bits per heavy atom. The van der Waals surface area contributed by atoms with E-state index in [9.17, 15) is 9.59 Å². The van der Waals surface area contributed by atoms with Crippen molar-refractivity contribution in [2.45, 2.75) is 13.8 Å². The number of carbonyl (C=O) groups is 2. The highest BCUT2D eigenvalue weighted by molar-refractivity contribution is 5.79. The highest BCUT2D eigenvalue weighted by atomic mass is 16.5. The molecule has 0 bridgehead atoms. The summed E-state index contributed by atoms with van der Waals surface area (Å²) < 4.78 is 4.64. The lowest BCUT2D eigenvalue weighted by atomic mass is 9.94. The van der Waals surface area contributed by atoms with Gasteiger partial charge < -0.3 is 15.4 Å². The molecule has 1 atom stereocenters. The van der Waals surface area contributed by atoms with E-state index in [-0.39, 0.29) is 23.7 Å². The van der Waals surface area contributed by atoms with E-state index in [1.165, 1.54) is 7.11 Å². The van der Waals surface area contributed by atoms with Crippen molar-refractivity contribution in [1.29, 1.82) is 0 Å². The van der Waals surface area contributed by atoms with Gasteiger partial charge in [-0.25, -0.2) is 0 Å². The number of hydrogen-bond acceptors (Lipinski definition) is 5. The molecule has 0 aromatic rings. The summed E-state index contributed by atoms with van der Waals surface area (Å²) in [6.07, 6.45) is 0. The number of hydrogen-bond donors (Lipinski definition) is 1. The molecule has 1 fully saturated rings. The Hall–Kier alpha value is -1.14. The first-order chi connectivity index (χ1) is 8.99. The molecule has 0 aromatic heterocycles. The van der Waals surface area contributed by atoms with Gasteiger partial charge in [0.1, 0.15) is 0 Å². The van der Waals surface area contributed by atoms with E-state index in [1.54, 1.807) is 0 Å². The lowest BCUT2D eigenvalue weighted by molar-refractivity contribution is -0.143. The molecule has 0 radical (unpaired) electrons. The molecular formula is C13H25N3O3. The number of rotatable bonds is 5. The molecule has 2 N–H and O–H groups in total. The number of ether oxygens (including phenoxy) is 1. The van der Waals surface area contributed by atoms with E-state index in [0.29, 0.717) is 39.3 Å². The van der Waals surface area contributed by atoms with Crippen molar-refractivity contribution < 1.29 is 14.3 Å². The Labute approximate surface area is 114 Å². The van der Waals surface area contributed by atoms with Crippen molar-refractivity contribution in [3.05, 3.63) is 0 Å². The van der Waals surface area contributed by atoms with Crippen molar-refractivity contribution in [2.24, 2.45) is 17.6 Å². The minimum Gasteiger partial charge on any atom is -0.468 e. The van der Waals surface area contributed by atoms with Crippen LogP contribution in [0, 0.1) is 11.8 Å². The SMILES string of the molecule is COC(=O)CN1CCN(C(=O)C(CN)C(C)C)CC1. The van der Waals surface area contributed by atoms with E-state index in [2.05, 4.69) is 4.74 Å². The van der Waals surface area contributed by atoms with Crippen molar-refractivity contribution >= 4 is 11.9 Å². The summed E-state index contributed by atoms with van der Waals surface area (Å²) in [7, 11) is 1.39. The zero-order chi connectivity index (χ0) is 14.4. The highest BCUT2D eigenvalue weighted by Gasteiger charge is 2.28. The van der Waals surface area contributed by atoms with E-state index >= 15 is 0 Å². The number of amides is 1. The van der Waals surface area contributed by atoms with Crippen LogP contribution in [0.2, 0.25) is 0 Å². The minimum absolute atomic E-state index is 0.104. The Morgan fingerprint density at radius 2 is 1.79 bits per heavy atom. The molecule has 0 aliphatic carbocycles. The summed E-state index contributed by atoms with van der Waals surface area (Å²) in [5.74, 6) is 0.0507. The van der Waals surface area contributed by atoms with Gasteiger partial charge in [-0.3, -0.25) is 14.5 Å². The fourth-order valence-corrected chi connectivity index (χ4v) is 2.27. The molecule has 1 amide bonds. The fourth-order valence-electron chi connectivity index (χ4n) is 2.27. The molecule has 1 aliphatic rings. The molecular weight excluding hydrogens is 246 g/mol. The van der Waals surface area contributed by atoms with E-state index in [1.807, 2.05) is 23.6 Å². The number of nitrogens with two attached hydrogens (primary N) is 1. The fraction of sp³-hybridized carbons (Fsp3) is 0.846. The molecule has 1 aliphatic heterocycles. The van der Waals surface area contributed by atoms with Crippen molar-refractivity contribution in [3.63, 3.8) is 0 Å². The van der Waals surface area contributed by atoms with Gasteiger partial charge in [-0.05, 0) is 5.92 Å². The van der Waals surface area contributed by atoms with Gasteiger partial charge in [0.15, 0.2) is 0 Å². The average molecular weight is 271 g/mol.